The van der Waals surface area contributed by atoms with E-state index in [1.54, 1.807) is 14.2 Å². The molecule has 0 unspecified atom stereocenters. The third-order valence-corrected chi connectivity index (χ3v) is 6.55. The molecule has 1 saturated carbocycles. The number of hydrogen-bond acceptors (Lipinski definition) is 4. The largest absolute Gasteiger partial charge is 0.493 e. The van der Waals surface area contributed by atoms with Crippen molar-refractivity contribution >= 4 is 11.9 Å². The average molecular weight is 435 g/mol. The van der Waals surface area contributed by atoms with Crippen LogP contribution in [-0.2, 0) is 11.3 Å². The van der Waals surface area contributed by atoms with Gasteiger partial charge < -0.3 is 24.6 Å². The van der Waals surface area contributed by atoms with Crippen molar-refractivity contribution in [2.75, 3.05) is 46.9 Å². The predicted octanol–water partition coefficient (Wildman–Crippen LogP) is -0.546. The SMILES string of the molecule is COc1cc(C)c(C[NH+]2CC[NH+](CC(=O)NC(=O)NC3CCCCC3)CC2)cc1OC. The van der Waals surface area contributed by atoms with Crippen molar-refractivity contribution in [3.8, 4) is 11.5 Å². The number of carbonyl (C=O) groups excluding carboxylic acids is 2. The van der Waals surface area contributed by atoms with Gasteiger partial charge in [-0.25, -0.2) is 4.79 Å². The van der Waals surface area contributed by atoms with Gasteiger partial charge >= 0.3 is 6.03 Å². The Morgan fingerprint density at radius 2 is 1.58 bits per heavy atom. The van der Waals surface area contributed by atoms with Gasteiger partial charge in [0.1, 0.15) is 32.7 Å². The highest BCUT2D eigenvalue weighted by Gasteiger charge is 2.26. The van der Waals surface area contributed by atoms with Gasteiger partial charge in [0.15, 0.2) is 18.0 Å². The van der Waals surface area contributed by atoms with Crippen molar-refractivity contribution < 1.29 is 28.9 Å². The number of quaternary nitrogens is 2. The van der Waals surface area contributed by atoms with Gasteiger partial charge in [-0.1, -0.05) is 19.3 Å². The van der Waals surface area contributed by atoms with Crippen LogP contribution < -0.4 is 29.9 Å². The molecule has 31 heavy (non-hydrogen) atoms. The maximum absolute atomic E-state index is 12.3. The number of aryl methyl sites for hydroxylation is 1. The molecule has 8 heteroatoms. The normalized spacial score (nSPS) is 21.9. The standard InChI is InChI=1S/C23H36N4O4/c1-17-13-20(30-2)21(31-3)14-18(17)15-26-9-11-27(12-10-26)16-22(28)25-23(29)24-19-7-5-4-6-8-19/h13-14,19H,4-12,15-16H2,1-3H3,(H2,24,25,28,29)/p+2. The van der Waals surface area contributed by atoms with Crippen molar-refractivity contribution in [3.63, 3.8) is 0 Å². The minimum absolute atomic E-state index is 0.192. The monoisotopic (exact) mass is 434 g/mol. The molecule has 0 atom stereocenters. The second-order valence-corrected chi connectivity index (χ2v) is 8.84. The molecule has 1 heterocycles. The van der Waals surface area contributed by atoms with Crippen LogP contribution in [0.1, 0.15) is 43.2 Å². The Morgan fingerprint density at radius 1 is 0.968 bits per heavy atom. The Kier molecular flexibility index (Phi) is 8.54. The highest BCUT2D eigenvalue weighted by atomic mass is 16.5. The summed E-state index contributed by atoms with van der Waals surface area (Å²) in [6, 6.07) is 3.96. The lowest BCUT2D eigenvalue weighted by Crippen LogP contribution is -3.28. The highest BCUT2D eigenvalue weighted by Crippen LogP contribution is 2.29. The Hall–Kier alpha value is -2.32. The van der Waals surface area contributed by atoms with Crippen LogP contribution in [-0.4, -0.2) is 64.9 Å². The fourth-order valence-corrected chi connectivity index (χ4v) is 4.66. The number of amides is 3. The first-order chi connectivity index (χ1) is 15.0. The summed E-state index contributed by atoms with van der Waals surface area (Å²) in [7, 11) is 3.31. The van der Waals surface area contributed by atoms with E-state index in [-0.39, 0.29) is 18.0 Å². The molecular weight excluding hydrogens is 396 g/mol. The Balaban J connectivity index is 1.41. The van der Waals surface area contributed by atoms with E-state index in [9.17, 15) is 9.59 Å². The van der Waals surface area contributed by atoms with Crippen molar-refractivity contribution in [2.45, 2.75) is 51.6 Å². The van der Waals surface area contributed by atoms with E-state index in [0.717, 1.165) is 69.9 Å². The van der Waals surface area contributed by atoms with Crippen LogP contribution in [0, 0.1) is 6.92 Å². The van der Waals surface area contributed by atoms with E-state index in [2.05, 4.69) is 23.6 Å². The topological polar surface area (TPSA) is 85.5 Å². The summed E-state index contributed by atoms with van der Waals surface area (Å²) in [6.07, 6.45) is 5.56. The molecule has 1 saturated heterocycles. The maximum atomic E-state index is 12.3. The number of rotatable bonds is 7. The van der Waals surface area contributed by atoms with Gasteiger partial charge in [-0.3, -0.25) is 10.1 Å². The Bertz CT molecular complexity index is 756. The van der Waals surface area contributed by atoms with E-state index < -0.39 is 0 Å². The molecule has 2 fully saturated rings. The Morgan fingerprint density at radius 3 is 2.23 bits per heavy atom. The number of carbonyl (C=O) groups is 2. The number of piperazine rings is 1. The molecule has 8 nitrogen and oxygen atoms in total. The van der Waals surface area contributed by atoms with E-state index in [0.29, 0.717) is 6.54 Å². The van der Waals surface area contributed by atoms with Gasteiger partial charge in [-0.05, 0) is 37.5 Å². The fourth-order valence-electron chi connectivity index (χ4n) is 4.66. The molecule has 3 amide bonds. The Labute approximate surface area is 185 Å². The molecule has 0 spiro atoms. The fraction of sp³-hybridized carbons (Fsp3) is 0.652. The van der Waals surface area contributed by atoms with Crippen LogP contribution in [0.4, 0.5) is 4.79 Å². The summed E-state index contributed by atoms with van der Waals surface area (Å²) in [6.45, 7) is 7.19. The molecule has 0 bridgehead atoms. The van der Waals surface area contributed by atoms with Crippen LogP contribution in [0.15, 0.2) is 12.1 Å². The molecule has 4 N–H and O–H groups in total. The van der Waals surface area contributed by atoms with E-state index in [4.69, 9.17) is 9.47 Å². The van der Waals surface area contributed by atoms with Crippen LogP contribution in [0.25, 0.3) is 0 Å². The van der Waals surface area contributed by atoms with Crippen molar-refractivity contribution in [1.29, 1.82) is 0 Å². The van der Waals surface area contributed by atoms with E-state index >= 15 is 0 Å². The first-order valence-electron chi connectivity index (χ1n) is 11.5. The second kappa shape index (κ2) is 11.3. The molecule has 2 aliphatic rings. The number of imide groups is 1. The lowest BCUT2D eigenvalue weighted by atomic mass is 9.96. The minimum atomic E-state index is -0.343. The quantitative estimate of drug-likeness (QED) is 0.464. The van der Waals surface area contributed by atoms with Gasteiger partial charge in [0.05, 0.1) is 14.2 Å². The lowest BCUT2D eigenvalue weighted by Gasteiger charge is -2.30. The second-order valence-electron chi connectivity index (χ2n) is 8.84. The number of hydrogen-bond donors (Lipinski definition) is 4. The van der Waals surface area contributed by atoms with Gasteiger partial charge in [0.2, 0.25) is 0 Å². The zero-order valence-corrected chi connectivity index (χ0v) is 19.1. The molecule has 0 radical (unpaired) electrons. The molecular formula is C23H38N4O4+2. The minimum Gasteiger partial charge on any atom is -0.493 e. The maximum Gasteiger partial charge on any atom is 0.321 e. The zero-order valence-electron chi connectivity index (χ0n) is 19.1. The third kappa shape index (κ3) is 6.83. The van der Waals surface area contributed by atoms with Gasteiger partial charge in [-0.2, -0.15) is 0 Å². The van der Waals surface area contributed by atoms with E-state index in [1.807, 2.05) is 6.07 Å². The van der Waals surface area contributed by atoms with Crippen LogP contribution in [0.3, 0.4) is 0 Å². The number of ether oxygens (including phenoxy) is 2. The number of methoxy groups -OCH3 is 2. The lowest BCUT2D eigenvalue weighted by molar-refractivity contribution is -1.02. The molecule has 1 aromatic carbocycles. The van der Waals surface area contributed by atoms with Crippen molar-refractivity contribution in [2.24, 2.45) is 0 Å². The van der Waals surface area contributed by atoms with Gasteiger partial charge in [-0.15, -0.1) is 0 Å². The third-order valence-electron chi connectivity index (χ3n) is 6.55. The first kappa shape index (κ1) is 23.3. The molecule has 3 rings (SSSR count). The molecule has 1 aromatic rings. The summed E-state index contributed by atoms with van der Waals surface area (Å²) in [5.41, 5.74) is 2.46. The summed E-state index contributed by atoms with van der Waals surface area (Å²) in [5.74, 6) is 1.32. The number of benzene rings is 1. The average Bonchev–Trinajstić information content (AvgIpc) is 2.76. The van der Waals surface area contributed by atoms with Crippen LogP contribution in [0.5, 0.6) is 11.5 Å². The smallest absolute Gasteiger partial charge is 0.321 e. The van der Waals surface area contributed by atoms with Crippen LogP contribution in [0.2, 0.25) is 0 Å². The van der Waals surface area contributed by atoms with Gasteiger partial charge in [0.25, 0.3) is 5.91 Å². The highest BCUT2D eigenvalue weighted by molar-refractivity contribution is 5.94. The van der Waals surface area contributed by atoms with Crippen molar-refractivity contribution in [1.82, 2.24) is 10.6 Å². The summed E-state index contributed by atoms with van der Waals surface area (Å²) in [4.78, 5) is 27.1. The first-order valence-corrected chi connectivity index (χ1v) is 11.5. The molecule has 172 valence electrons. The summed E-state index contributed by atoms with van der Waals surface area (Å²) < 4.78 is 10.8. The predicted molar refractivity (Wildman–Crippen MR) is 118 cm³/mol. The van der Waals surface area contributed by atoms with Crippen LogP contribution >= 0.6 is 0 Å². The number of nitrogens with one attached hydrogen (secondary N) is 4. The van der Waals surface area contributed by atoms with Crippen molar-refractivity contribution in [3.05, 3.63) is 23.3 Å². The summed E-state index contributed by atoms with van der Waals surface area (Å²) in [5, 5.41) is 5.45. The molecule has 0 aromatic heterocycles. The summed E-state index contributed by atoms with van der Waals surface area (Å²) >= 11 is 0. The zero-order chi connectivity index (χ0) is 22.2. The molecule has 1 aliphatic heterocycles. The van der Waals surface area contributed by atoms with Gasteiger partial charge in [0, 0.05) is 11.6 Å². The van der Waals surface area contributed by atoms with E-state index in [1.165, 1.54) is 27.3 Å². The molecule has 1 aliphatic carbocycles. The number of urea groups is 1.